The first-order chi connectivity index (χ1) is 7.36. The SMILES string of the molecule is CC(C)C(=N)c1c(Cl)ccc([N+](=O)[O-])c1N. The molecule has 3 N–H and O–H groups in total. The van der Waals surface area contributed by atoms with E-state index in [4.69, 9.17) is 22.7 Å². The van der Waals surface area contributed by atoms with Gasteiger partial charge in [-0.3, -0.25) is 10.1 Å². The molecule has 1 aromatic carbocycles. The van der Waals surface area contributed by atoms with Crippen molar-refractivity contribution in [1.29, 1.82) is 5.41 Å². The van der Waals surface area contributed by atoms with Crippen LogP contribution in [0.15, 0.2) is 12.1 Å². The van der Waals surface area contributed by atoms with Crippen molar-refractivity contribution in [2.75, 3.05) is 5.73 Å². The molecule has 5 nitrogen and oxygen atoms in total. The minimum Gasteiger partial charge on any atom is -0.393 e. The van der Waals surface area contributed by atoms with Gasteiger partial charge in [-0.1, -0.05) is 25.4 Å². The van der Waals surface area contributed by atoms with Crippen LogP contribution in [0.2, 0.25) is 5.02 Å². The molecule has 0 aliphatic rings. The highest BCUT2D eigenvalue weighted by Crippen LogP contribution is 2.32. The zero-order valence-corrected chi connectivity index (χ0v) is 9.71. The van der Waals surface area contributed by atoms with E-state index in [0.717, 1.165) is 0 Å². The van der Waals surface area contributed by atoms with E-state index in [1.807, 2.05) is 0 Å². The standard InChI is InChI=1S/C10H12ClN3O2/c1-5(2)9(12)8-6(11)3-4-7(10(8)13)14(15)16/h3-5,12H,13H2,1-2H3. The van der Waals surface area contributed by atoms with Crippen molar-refractivity contribution in [3.63, 3.8) is 0 Å². The van der Waals surface area contributed by atoms with Crippen LogP contribution in [0.5, 0.6) is 0 Å². The average molecular weight is 242 g/mol. The van der Waals surface area contributed by atoms with E-state index in [0.29, 0.717) is 0 Å². The molecular weight excluding hydrogens is 230 g/mol. The van der Waals surface area contributed by atoms with Crippen LogP contribution in [0.3, 0.4) is 0 Å². The molecule has 16 heavy (non-hydrogen) atoms. The lowest BCUT2D eigenvalue weighted by atomic mass is 9.98. The first-order valence-corrected chi connectivity index (χ1v) is 5.05. The van der Waals surface area contributed by atoms with Gasteiger partial charge in [0.15, 0.2) is 0 Å². The predicted octanol–water partition coefficient (Wildman–Crippen LogP) is 2.85. The smallest absolute Gasteiger partial charge is 0.292 e. The van der Waals surface area contributed by atoms with Gasteiger partial charge < -0.3 is 11.1 Å². The van der Waals surface area contributed by atoms with Crippen LogP contribution in [-0.4, -0.2) is 10.6 Å². The highest BCUT2D eigenvalue weighted by Gasteiger charge is 2.21. The normalized spacial score (nSPS) is 10.5. The maximum atomic E-state index is 10.7. The molecule has 0 bridgehead atoms. The Hall–Kier alpha value is -1.62. The van der Waals surface area contributed by atoms with E-state index >= 15 is 0 Å². The number of nitrogens with one attached hydrogen (secondary N) is 1. The van der Waals surface area contributed by atoms with E-state index in [9.17, 15) is 10.1 Å². The molecule has 0 aliphatic heterocycles. The predicted molar refractivity (Wildman–Crippen MR) is 64.2 cm³/mol. The number of anilines is 1. The molecule has 0 heterocycles. The van der Waals surface area contributed by atoms with Gasteiger partial charge in [0.1, 0.15) is 5.69 Å². The summed E-state index contributed by atoms with van der Waals surface area (Å²) in [6, 6.07) is 2.64. The average Bonchev–Trinajstić information content (AvgIpc) is 2.16. The number of nitro groups is 1. The lowest BCUT2D eigenvalue weighted by Gasteiger charge is -2.12. The van der Waals surface area contributed by atoms with Gasteiger partial charge in [0.25, 0.3) is 5.69 Å². The van der Waals surface area contributed by atoms with E-state index in [1.54, 1.807) is 13.8 Å². The molecule has 0 spiro atoms. The number of halogens is 1. The van der Waals surface area contributed by atoms with E-state index < -0.39 is 4.92 Å². The largest absolute Gasteiger partial charge is 0.393 e. The van der Waals surface area contributed by atoms with Gasteiger partial charge in [-0.05, 0) is 12.0 Å². The molecular formula is C10H12ClN3O2. The zero-order valence-electron chi connectivity index (χ0n) is 8.95. The molecule has 0 fully saturated rings. The summed E-state index contributed by atoms with van der Waals surface area (Å²) in [5.41, 5.74) is 5.85. The summed E-state index contributed by atoms with van der Waals surface area (Å²) in [5, 5.41) is 18.8. The van der Waals surface area contributed by atoms with Gasteiger partial charge in [-0.2, -0.15) is 0 Å². The summed E-state index contributed by atoms with van der Waals surface area (Å²) in [4.78, 5) is 10.1. The Morgan fingerprint density at radius 1 is 1.56 bits per heavy atom. The van der Waals surface area contributed by atoms with Crippen molar-refractivity contribution < 1.29 is 4.92 Å². The lowest BCUT2D eigenvalue weighted by Crippen LogP contribution is -2.12. The quantitative estimate of drug-likeness (QED) is 0.369. The monoisotopic (exact) mass is 241 g/mol. The van der Waals surface area contributed by atoms with Crippen LogP contribution < -0.4 is 5.73 Å². The van der Waals surface area contributed by atoms with Crippen LogP contribution in [0, 0.1) is 21.4 Å². The maximum Gasteiger partial charge on any atom is 0.292 e. The first-order valence-electron chi connectivity index (χ1n) is 4.67. The minimum absolute atomic E-state index is 0.0452. The number of hydrogen-bond acceptors (Lipinski definition) is 4. The van der Waals surface area contributed by atoms with E-state index in [1.165, 1.54) is 12.1 Å². The number of nitrogens with two attached hydrogens (primary N) is 1. The van der Waals surface area contributed by atoms with Gasteiger partial charge in [-0.15, -0.1) is 0 Å². The summed E-state index contributed by atoms with van der Waals surface area (Å²) in [6.45, 7) is 3.61. The fourth-order valence-electron chi connectivity index (χ4n) is 1.30. The van der Waals surface area contributed by atoms with E-state index in [-0.39, 0.29) is 33.6 Å². The van der Waals surface area contributed by atoms with Crippen molar-refractivity contribution in [3.8, 4) is 0 Å². The molecule has 86 valence electrons. The van der Waals surface area contributed by atoms with Gasteiger partial charge in [-0.25, -0.2) is 0 Å². The third-order valence-electron chi connectivity index (χ3n) is 2.22. The van der Waals surface area contributed by atoms with Crippen LogP contribution in [0.25, 0.3) is 0 Å². The molecule has 0 amide bonds. The topological polar surface area (TPSA) is 93.0 Å². The summed E-state index contributed by atoms with van der Waals surface area (Å²) in [6.07, 6.45) is 0. The molecule has 0 radical (unpaired) electrons. The number of nitrogen functional groups attached to an aromatic ring is 1. The zero-order chi connectivity index (χ0) is 12.5. The maximum absolute atomic E-state index is 10.7. The Kier molecular flexibility index (Phi) is 3.49. The highest BCUT2D eigenvalue weighted by molar-refractivity contribution is 6.35. The summed E-state index contributed by atoms with van der Waals surface area (Å²) in [5.74, 6) is -0.0956. The van der Waals surface area contributed by atoms with Crippen molar-refractivity contribution in [1.82, 2.24) is 0 Å². The molecule has 0 aromatic heterocycles. The number of rotatable bonds is 3. The second kappa shape index (κ2) is 4.49. The fourth-order valence-corrected chi connectivity index (χ4v) is 1.57. The van der Waals surface area contributed by atoms with Gasteiger partial charge in [0.2, 0.25) is 0 Å². The summed E-state index contributed by atoms with van der Waals surface area (Å²) < 4.78 is 0. The Labute approximate surface area is 97.9 Å². The fraction of sp³-hybridized carbons (Fsp3) is 0.300. The van der Waals surface area contributed by atoms with Crippen LogP contribution in [-0.2, 0) is 0 Å². The molecule has 0 saturated carbocycles. The number of nitrogens with zero attached hydrogens (tertiary/aromatic N) is 1. The van der Waals surface area contributed by atoms with Crippen molar-refractivity contribution in [2.45, 2.75) is 13.8 Å². The number of nitro benzene ring substituents is 1. The van der Waals surface area contributed by atoms with Crippen LogP contribution in [0.1, 0.15) is 19.4 Å². The van der Waals surface area contributed by atoms with E-state index in [2.05, 4.69) is 0 Å². The van der Waals surface area contributed by atoms with Gasteiger partial charge in [0, 0.05) is 17.3 Å². The number of benzene rings is 1. The first kappa shape index (κ1) is 12.4. The van der Waals surface area contributed by atoms with Crippen molar-refractivity contribution in [2.24, 2.45) is 5.92 Å². The van der Waals surface area contributed by atoms with Crippen molar-refractivity contribution in [3.05, 3.63) is 32.8 Å². The molecule has 0 saturated heterocycles. The molecule has 0 aliphatic carbocycles. The second-order valence-corrected chi connectivity index (χ2v) is 4.09. The number of hydrogen-bond donors (Lipinski definition) is 2. The van der Waals surface area contributed by atoms with Crippen LogP contribution in [0.4, 0.5) is 11.4 Å². The second-order valence-electron chi connectivity index (χ2n) is 3.68. The summed E-state index contributed by atoms with van der Waals surface area (Å²) >= 11 is 5.90. The molecule has 1 rings (SSSR count). The van der Waals surface area contributed by atoms with Crippen molar-refractivity contribution >= 4 is 28.7 Å². The molecule has 1 aromatic rings. The molecule has 0 unspecified atom stereocenters. The molecule has 6 heteroatoms. The van der Waals surface area contributed by atoms with Gasteiger partial charge in [0.05, 0.1) is 9.95 Å². The lowest BCUT2D eigenvalue weighted by molar-refractivity contribution is -0.383. The Morgan fingerprint density at radius 3 is 2.56 bits per heavy atom. The Balaban J connectivity index is 3.43. The third kappa shape index (κ3) is 2.14. The van der Waals surface area contributed by atoms with Crippen LogP contribution >= 0.6 is 11.6 Å². The highest BCUT2D eigenvalue weighted by atomic mass is 35.5. The Bertz CT molecular complexity index is 458. The minimum atomic E-state index is -0.581. The van der Waals surface area contributed by atoms with Gasteiger partial charge >= 0.3 is 0 Å². The Morgan fingerprint density at radius 2 is 2.12 bits per heavy atom. The summed E-state index contributed by atoms with van der Waals surface area (Å²) in [7, 11) is 0. The third-order valence-corrected chi connectivity index (χ3v) is 2.53. The molecule has 0 atom stereocenters.